The molecule has 0 aromatic carbocycles. The molecule has 0 aliphatic heterocycles. The van der Waals surface area contributed by atoms with Crippen LogP contribution in [0.2, 0.25) is 0 Å². The van der Waals surface area contributed by atoms with E-state index < -0.39 is 3.79 Å². The highest BCUT2D eigenvalue weighted by atomic mass is 35.6. The Hall–Kier alpha value is 1.45. The van der Waals surface area contributed by atoms with E-state index in [9.17, 15) is 0 Å². The maximum absolute atomic E-state index is 5.83. The molecule has 0 spiro atoms. The zero-order valence-electron chi connectivity index (χ0n) is 5.80. The summed E-state index contributed by atoms with van der Waals surface area (Å²) < 4.78 is -1.24. The molecule has 0 fully saturated rings. The summed E-state index contributed by atoms with van der Waals surface area (Å²) in [5.41, 5.74) is 0. The largest absolute Gasteiger partial charge is 0.192 e. The van der Waals surface area contributed by atoms with Crippen molar-refractivity contribution in [3.63, 3.8) is 0 Å². The second-order valence-electron chi connectivity index (χ2n) is 2.25. The van der Waals surface area contributed by atoms with Crippen molar-refractivity contribution in [2.45, 2.75) is 28.4 Å². The van der Waals surface area contributed by atoms with Gasteiger partial charge in [0.15, 0.2) is 3.79 Å². The summed E-state index contributed by atoms with van der Waals surface area (Å²) in [4.78, 5) is 0. The van der Waals surface area contributed by atoms with Crippen LogP contribution in [0.5, 0.6) is 0 Å². The summed E-state index contributed by atoms with van der Waals surface area (Å²) in [6, 6.07) is 0. The third-order valence-electron chi connectivity index (χ3n) is 1.10. The van der Waals surface area contributed by atoms with E-state index in [1.165, 1.54) is 0 Å². The van der Waals surface area contributed by atoms with Crippen molar-refractivity contribution < 1.29 is 0 Å². The molecule has 0 amide bonds. The van der Waals surface area contributed by atoms with Crippen molar-refractivity contribution >= 4 is 58.0 Å². The topological polar surface area (TPSA) is 0 Å². The molecule has 0 heterocycles. The second kappa shape index (κ2) is 5.99. The van der Waals surface area contributed by atoms with Crippen molar-refractivity contribution in [3.8, 4) is 0 Å². The lowest BCUT2D eigenvalue weighted by Crippen LogP contribution is -2.11. The van der Waals surface area contributed by atoms with Gasteiger partial charge < -0.3 is 0 Å². The zero-order valence-corrected chi connectivity index (χ0v) is 9.58. The monoisotopic (exact) mass is 256 g/mol. The van der Waals surface area contributed by atoms with Gasteiger partial charge in [-0.3, -0.25) is 0 Å². The minimum Gasteiger partial charge on any atom is -0.127 e. The number of halogens is 5. The minimum atomic E-state index is -1.24. The molecule has 0 aliphatic carbocycles. The van der Waals surface area contributed by atoms with Crippen LogP contribution in [-0.4, -0.2) is 15.0 Å². The van der Waals surface area contributed by atoms with Crippen molar-refractivity contribution in [3.05, 3.63) is 0 Å². The summed E-state index contributed by atoms with van der Waals surface area (Å²) >= 11 is 27.9. The Morgan fingerprint density at radius 2 is 1.73 bits per heavy atom. The highest BCUT2D eigenvalue weighted by Crippen LogP contribution is 2.34. The Kier molecular flexibility index (Phi) is 6.78. The molecule has 1 atom stereocenters. The van der Waals surface area contributed by atoms with Gasteiger partial charge in [-0.15, -0.1) is 23.2 Å². The maximum Gasteiger partial charge on any atom is 0.192 e. The van der Waals surface area contributed by atoms with E-state index in [0.717, 1.165) is 12.8 Å². The highest BCUT2D eigenvalue weighted by Gasteiger charge is 2.23. The van der Waals surface area contributed by atoms with Gasteiger partial charge in [-0.1, -0.05) is 34.8 Å². The average Bonchev–Trinajstić information content (AvgIpc) is 1.79. The van der Waals surface area contributed by atoms with E-state index in [1.807, 2.05) is 0 Å². The predicted molar refractivity (Wildman–Crippen MR) is 54.5 cm³/mol. The molecule has 0 radical (unpaired) electrons. The van der Waals surface area contributed by atoms with Crippen LogP contribution in [0.25, 0.3) is 0 Å². The molecule has 0 aromatic heterocycles. The number of alkyl halides is 5. The molecule has 0 N–H and O–H groups in total. The number of hydrogen-bond donors (Lipinski definition) is 0. The summed E-state index contributed by atoms with van der Waals surface area (Å²) in [6.45, 7) is 0. The van der Waals surface area contributed by atoms with E-state index in [4.69, 9.17) is 58.0 Å². The summed E-state index contributed by atoms with van der Waals surface area (Å²) in [7, 11) is 0. The SMILES string of the molecule is ClCCCC(Cl)CC(Cl)(Cl)Cl. The third-order valence-corrected chi connectivity index (χ3v) is 2.21. The summed E-state index contributed by atoms with van der Waals surface area (Å²) in [6.07, 6.45) is 2.02. The predicted octanol–water partition coefficient (Wildman–Crippen LogP) is 4.37. The van der Waals surface area contributed by atoms with Gasteiger partial charge >= 0.3 is 0 Å². The van der Waals surface area contributed by atoms with Gasteiger partial charge in [-0.05, 0) is 12.8 Å². The number of hydrogen-bond acceptors (Lipinski definition) is 0. The first-order valence-electron chi connectivity index (χ1n) is 3.22. The summed E-state index contributed by atoms with van der Waals surface area (Å²) in [5.74, 6) is 0.600. The normalized spacial score (nSPS) is 15.0. The minimum absolute atomic E-state index is 0.0961. The van der Waals surface area contributed by atoms with Crippen LogP contribution < -0.4 is 0 Å². The summed E-state index contributed by atoms with van der Waals surface area (Å²) in [5, 5.41) is -0.0961. The van der Waals surface area contributed by atoms with Crippen LogP contribution in [0.4, 0.5) is 0 Å². The van der Waals surface area contributed by atoms with Crippen LogP contribution in [0.1, 0.15) is 19.3 Å². The lowest BCUT2D eigenvalue weighted by Gasteiger charge is -2.14. The van der Waals surface area contributed by atoms with E-state index in [0.29, 0.717) is 12.3 Å². The molecule has 0 bridgehead atoms. The molecule has 0 rings (SSSR count). The molecule has 0 saturated heterocycles. The third kappa shape index (κ3) is 9.36. The maximum atomic E-state index is 5.83. The fourth-order valence-corrected chi connectivity index (χ4v) is 1.99. The van der Waals surface area contributed by atoms with Gasteiger partial charge in [0, 0.05) is 17.7 Å². The molecule has 0 saturated carbocycles. The van der Waals surface area contributed by atoms with Crippen LogP contribution >= 0.6 is 58.0 Å². The lowest BCUT2D eigenvalue weighted by atomic mass is 10.2. The Morgan fingerprint density at radius 1 is 1.18 bits per heavy atom. The van der Waals surface area contributed by atoms with Crippen molar-refractivity contribution in [2.24, 2.45) is 0 Å². The molecule has 0 nitrogen and oxygen atoms in total. The average molecular weight is 258 g/mol. The van der Waals surface area contributed by atoms with Crippen LogP contribution in [0, 0.1) is 0 Å². The smallest absolute Gasteiger partial charge is 0.127 e. The van der Waals surface area contributed by atoms with Crippen molar-refractivity contribution in [1.29, 1.82) is 0 Å². The van der Waals surface area contributed by atoms with E-state index in [-0.39, 0.29) is 5.38 Å². The molecular weight excluding hydrogens is 249 g/mol. The van der Waals surface area contributed by atoms with Crippen molar-refractivity contribution in [2.75, 3.05) is 5.88 Å². The van der Waals surface area contributed by atoms with E-state index in [2.05, 4.69) is 0 Å². The molecular formula is C6H9Cl5. The molecule has 0 aromatic rings. The highest BCUT2D eigenvalue weighted by molar-refractivity contribution is 6.67. The lowest BCUT2D eigenvalue weighted by molar-refractivity contribution is 0.689. The number of rotatable bonds is 4. The van der Waals surface area contributed by atoms with Gasteiger partial charge in [-0.2, -0.15) is 0 Å². The first-order chi connectivity index (χ1) is 4.95. The second-order valence-corrected chi connectivity index (χ2v) is 5.76. The fourth-order valence-electron chi connectivity index (χ4n) is 0.652. The molecule has 1 unspecified atom stereocenters. The van der Waals surface area contributed by atoms with E-state index in [1.54, 1.807) is 0 Å². The Bertz CT molecular complexity index is 97.6. The first kappa shape index (κ1) is 12.4. The Balaban J connectivity index is 3.44. The standard InChI is InChI=1S/C6H9Cl5/c7-3-1-2-5(8)4-6(9,10)11/h5H,1-4H2. The van der Waals surface area contributed by atoms with Crippen LogP contribution in [0.15, 0.2) is 0 Å². The van der Waals surface area contributed by atoms with Crippen molar-refractivity contribution in [1.82, 2.24) is 0 Å². The van der Waals surface area contributed by atoms with Gasteiger partial charge in [0.25, 0.3) is 0 Å². The fraction of sp³-hybridized carbons (Fsp3) is 1.00. The van der Waals surface area contributed by atoms with Crippen LogP contribution in [-0.2, 0) is 0 Å². The molecule has 11 heavy (non-hydrogen) atoms. The quantitative estimate of drug-likeness (QED) is 0.657. The molecule has 5 heteroatoms. The molecule has 68 valence electrons. The van der Waals surface area contributed by atoms with Crippen LogP contribution in [0.3, 0.4) is 0 Å². The zero-order chi connectivity index (χ0) is 8.91. The van der Waals surface area contributed by atoms with E-state index >= 15 is 0 Å². The van der Waals surface area contributed by atoms with Gasteiger partial charge in [0.2, 0.25) is 0 Å². The Morgan fingerprint density at radius 3 is 2.09 bits per heavy atom. The van der Waals surface area contributed by atoms with Gasteiger partial charge in [0.1, 0.15) is 0 Å². The van der Waals surface area contributed by atoms with Gasteiger partial charge in [0.05, 0.1) is 0 Å². The molecule has 0 aliphatic rings. The Labute approximate surface area is 92.1 Å². The first-order valence-corrected chi connectivity index (χ1v) is 5.33. The van der Waals surface area contributed by atoms with Gasteiger partial charge in [-0.25, -0.2) is 0 Å².